The van der Waals surface area contributed by atoms with Gasteiger partial charge in [0.2, 0.25) is 0 Å². The van der Waals surface area contributed by atoms with Crippen molar-refractivity contribution in [1.29, 1.82) is 0 Å². The lowest BCUT2D eigenvalue weighted by atomic mass is 10.1. The lowest BCUT2D eigenvalue weighted by Crippen LogP contribution is -2.09. The number of carbonyl (C=O) groups excluding carboxylic acids is 2. The van der Waals surface area contributed by atoms with E-state index in [4.69, 9.17) is 4.74 Å². The zero-order valence-electron chi connectivity index (χ0n) is 15.3. The van der Waals surface area contributed by atoms with Gasteiger partial charge in [0.05, 0.1) is 5.56 Å². The van der Waals surface area contributed by atoms with Gasteiger partial charge in [-0.2, -0.15) is 0 Å². The quantitative estimate of drug-likeness (QED) is 0.265. The summed E-state index contributed by atoms with van der Waals surface area (Å²) in [7, 11) is 0. The van der Waals surface area contributed by atoms with E-state index in [1.165, 1.54) is 6.08 Å². The fourth-order valence-electron chi connectivity index (χ4n) is 2.54. The minimum absolute atomic E-state index is 0.102. The van der Waals surface area contributed by atoms with Crippen LogP contribution >= 0.6 is 0 Å². The number of para-hydroxylation sites is 1. The highest BCUT2D eigenvalue weighted by Crippen LogP contribution is 2.21. The predicted octanol–water partition coefficient (Wildman–Crippen LogP) is 5.42. The Morgan fingerprint density at radius 2 is 1.30 bits per heavy atom. The summed E-state index contributed by atoms with van der Waals surface area (Å²) in [5.41, 5.74) is 3.94. The molecule has 0 atom stereocenters. The number of hydrogen-bond donors (Lipinski definition) is 0. The molecule has 3 nitrogen and oxygen atoms in total. The predicted molar refractivity (Wildman–Crippen MR) is 107 cm³/mol. The molecule has 3 rings (SSSR count). The number of benzene rings is 3. The Kier molecular flexibility index (Phi) is 5.62. The van der Waals surface area contributed by atoms with E-state index in [2.05, 4.69) is 0 Å². The third-order valence-electron chi connectivity index (χ3n) is 4.16. The molecule has 0 spiro atoms. The first-order valence-corrected chi connectivity index (χ1v) is 8.70. The highest BCUT2D eigenvalue weighted by molar-refractivity contribution is 6.07. The third kappa shape index (κ3) is 4.79. The van der Waals surface area contributed by atoms with Gasteiger partial charge >= 0.3 is 5.97 Å². The number of ether oxygens (including phenoxy) is 1. The summed E-state index contributed by atoms with van der Waals surface area (Å²) in [5.74, 6) is -0.119. The van der Waals surface area contributed by atoms with Gasteiger partial charge in [-0.05, 0) is 44.2 Å². The van der Waals surface area contributed by atoms with Gasteiger partial charge in [-0.25, -0.2) is 4.79 Å². The number of aryl methyl sites for hydroxylation is 2. The second kappa shape index (κ2) is 8.28. The number of rotatable bonds is 5. The van der Waals surface area contributed by atoms with Crippen LogP contribution in [0.15, 0.2) is 78.9 Å². The molecule has 27 heavy (non-hydrogen) atoms. The summed E-state index contributed by atoms with van der Waals surface area (Å²) in [6.45, 7) is 3.93. The highest BCUT2D eigenvalue weighted by Gasteiger charge is 2.10. The first kappa shape index (κ1) is 18.3. The minimum atomic E-state index is -0.430. The number of esters is 1. The normalized spacial score (nSPS) is 10.7. The topological polar surface area (TPSA) is 43.4 Å². The zero-order chi connectivity index (χ0) is 19.2. The SMILES string of the molecule is Cc1ccc(C(=O)C=Cc2ccccc2OC(=O)c2ccc(C)cc2)cc1. The van der Waals surface area contributed by atoms with Crippen molar-refractivity contribution in [2.45, 2.75) is 13.8 Å². The van der Waals surface area contributed by atoms with Gasteiger partial charge in [0.25, 0.3) is 0 Å². The van der Waals surface area contributed by atoms with Crippen molar-refractivity contribution in [2.75, 3.05) is 0 Å². The van der Waals surface area contributed by atoms with Crippen LogP contribution in [0.25, 0.3) is 6.08 Å². The number of allylic oxidation sites excluding steroid dienone is 1. The van der Waals surface area contributed by atoms with Gasteiger partial charge in [-0.15, -0.1) is 0 Å². The summed E-state index contributed by atoms with van der Waals surface area (Å²) >= 11 is 0. The molecule has 0 N–H and O–H groups in total. The molecule has 0 radical (unpaired) electrons. The highest BCUT2D eigenvalue weighted by atomic mass is 16.5. The van der Waals surface area contributed by atoms with E-state index in [9.17, 15) is 9.59 Å². The lowest BCUT2D eigenvalue weighted by Gasteiger charge is -2.07. The van der Waals surface area contributed by atoms with Crippen LogP contribution < -0.4 is 4.74 Å². The Bertz CT molecular complexity index is 981. The summed E-state index contributed by atoms with van der Waals surface area (Å²) in [6, 6.07) is 21.7. The van der Waals surface area contributed by atoms with E-state index in [1.54, 1.807) is 48.5 Å². The molecule has 134 valence electrons. The molecule has 0 amide bonds. The minimum Gasteiger partial charge on any atom is -0.422 e. The Morgan fingerprint density at radius 1 is 0.741 bits per heavy atom. The maximum atomic E-state index is 12.4. The van der Waals surface area contributed by atoms with Crippen LogP contribution in [-0.4, -0.2) is 11.8 Å². The maximum Gasteiger partial charge on any atom is 0.343 e. The fraction of sp³-hybridized carbons (Fsp3) is 0.0833. The molecule has 3 aromatic carbocycles. The van der Waals surface area contributed by atoms with Gasteiger partial charge in [-0.3, -0.25) is 4.79 Å². The van der Waals surface area contributed by atoms with Crippen LogP contribution in [0.3, 0.4) is 0 Å². The number of ketones is 1. The zero-order valence-corrected chi connectivity index (χ0v) is 15.3. The summed E-state index contributed by atoms with van der Waals surface area (Å²) in [6.07, 6.45) is 3.16. The first-order chi connectivity index (χ1) is 13.0. The average molecular weight is 356 g/mol. The monoisotopic (exact) mass is 356 g/mol. The smallest absolute Gasteiger partial charge is 0.343 e. The molecule has 0 saturated carbocycles. The first-order valence-electron chi connectivity index (χ1n) is 8.70. The van der Waals surface area contributed by atoms with Crippen LogP contribution in [0.1, 0.15) is 37.4 Å². The van der Waals surface area contributed by atoms with Crippen LogP contribution in [0.2, 0.25) is 0 Å². The Morgan fingerprint density at radius 3 is 1.93 bits per heavy atom. The summed E-state index contributed by atoms with van der Waals surface area (Å²) in [5, 5.41) is 0. The van der Waals surface area contributed by atoms with Crippen molar-refractivity contribution < 1.29 is 14.3 Å². The molecule has 0 unspecified atom stereocenters. The average Bonchev–Trinajstić information content (AvgIpc) is 2.68. The number of carbonyl (C=O) groups is 2. The van der Waals surface area contributed by atoms with Gasteiger partial charge in [0.15, 0.2) is 5.78 Å². The number of hydrogen-bond acceptors (Lipinski definition) is 3. The molecule has 0 bridgehead atoms. The van der Waals surface area contributed by atoms with Crippen molar-refractivity contribution in [3.8, 4) is 5.75 Å². The standard InChI is InChI=1S/C24H20O3/c1-17-7-11-19(12-8-17)22(25)16-15-20-5-3-4-6-23(20)27-24(26)21-13-9-18(2)10-14-21/h3-16H,1-2H3. The Labute approximate surface area is 158 Å². The van der Waals surface area contributed by atoms with Crippen molar-refractivity contribution in [1.82, 2.24) is 0 Å². The van der Waals surface area contributed by atoms with E-state index in [0.717, 1.165) is 11.1 Å². The molecular formula is C24H20O3. The van der Waals surface area contributed by atoms with Crippen molar-refractivity contribution >= 4 is 17.8 Å². The van der Waals surface area contributed by atoms with Gasteiger partial charge in [0, 0.05) is 11.1 Å². The molecule has 3 heteroatoms. The van der Waals surface area contributed by atoms with Gasteiger partial charge in [0.1, 0.15) is 5.75 Å². The molecule has 0 aromatic heterocycles. The molecule has 0 saturated heterocycles. The molecule has 0 aliphatic rings. The summed E-state index contributed by atoms with van der Waals surface area (Å²) < 4.78 is 5.52. The van der Waals surface area contributed by atoms with E-state index >= 15 is 0 Å². The third-order valence-corrected chi connectivity index (χ3v) is 4.16. The van der Waals surface area contributed by atoms with Gasteiger partial charge < -0.3 is 4.74 Å². The van der Waals surface area contributed by atoms with E-state index in [0.29, 0.717) is 22.4 Å². The molecular weight excluding hydrogens is 336 g/mol. The second-order valence-electron chi connectivity index (χ2n) is 6.36. The van der Waals surface area contributed by atoms with Gasteiger partial charge in [-0.1, -0.05) is 65.7 Å². The van der Waals surface area contributed by atoms with Crippen LogP contribution in [0.5, 0.6) is 5.75 Å². The molecule has 0 heterocycles. The second-order valence-corrected chi connectivity index (χ2v) is 6.36. The van der Waals surface area contributed by atoms with E-state index in [-0.39, 0.29) is 5.78 Å². The van der Waals surface area contributed by atoms with Crippen molar-refractivity contribution in [2.24, 2.45) is 0 Å². The van der Waals surface area contributed by atoms with E-state index in [1.807, 2.05) is 44.2 Å². The Balaban J connectivity index is 1.77. The largest absolute Gasteiger partial charge is 0.422 e. The van der Waals surface area contributed by atoms with Crippen LogP contribution in [0, 0.1) is 13.8 Å². The molecule has 3 aromatic rings. The molecule has 0 fully saturated rings. The van der Waals surface area contributed by atoms with Crippen LogP contribution in [-0.2, 0) is 0 Å². The maximum absolute atomic E-state index is 12.4. The lowest BCUT2D eigenvalue weighted by molar-refractivity contribution is 0.0734. The fourth-order valence-corrected chi connectivity index (χ4v) is 2.54. The Hall–Kier alpha value is -3.46. The van der Waals surface area contributed by atoms with Crippen LogP contribution in [0.4, 0.5) is 0 Å². The molecule has 0 aliphatic carbocycles. The van der Waals surface area contributed by atoms with Crippen molar-refractivity contribution in [3.05, 3.63) is 107 Å². The summed E-state index contributed by atoms with van der Waals surface area (Å²) in [4.78, 5) is 24.7. The molecule has 0 aliphatic heterocycles. The van der Waals surface area contributed by atoms with E-state index < -0.39 is 5.97 Å². The van der Waals surface area contributed by atoms with Crippen molar-refractivity contribution in [3.63, 3.8) is 0 Å².